The number of nitrogens with one attached hydrogen (secondary N) is 1. The highest BCUT2D eigenvalue weighted by Crippen LogP contribution is 2.35. The van der Waals surface area contributed by atoms with Gasteiger partial charge in [-0.1, -0.05) is 30.3 Å². The number of ether oxygens (including phenoxy) is 2. The molecule has 34 heavy (non-hydrogen) atoms. The van der Waals surface area contributed by atoms with Crippen LogP contribution in [0.1, 0.15) is 34.7 Å². The number of hydrogen-bond acceptors (Lipinski definition) is 4. The molecule has 0 aliphatic carbocycles. The van der Waals surface area contributed by atoms with Crippen LogP contribution >= 0.6 is 0 Å². The fraction of sp³-hybridized carbons (Fsp3) is 0.200. The van der Waals surface area contributed by atoms with Crippen molar-refractivity contribution in [3.8, 4) is 11.5 Å². The van der Waals surface area contributed by atoms with Gasteiger partial charge < -0.3 is 19.2 Å². The van der Waals surface area contributed by atoms with Gasteiger partial charge in [-0.05, 0) is 41.5 Å². The molecule has 1 N–H and O–H groups in total. The summed E-state index contributed by atoms with van der Waals surface area (Å²) in [5.41, 5.74) is 1.73. The number of benzene rings is 2. The summed E-state index contributed by atoms with van der Waals surface area (Å²) in [5, 5.41) is 2.86. The van der Waals surface area contributed by atoms with Gasteiger partial charge in [0.2, 0.25) is 12.7 Å². The molecule has 1 aliphatic heterocycles. The number of aromatic nitrogens is 2. The van der Waals surface area contributed by atoms with E-state index >= 15 is 0 Å². The summed E-state index contributed by atoms with van der Waals surface area (Å²) in [6.07, 6.45) is -1.15. The first-order chi connectivity index (χ1) is 16.4. The molecule has 5 rings (SSSR count). The van der Waals surface area contributed by atoms with Gasteiger partial charge in [0.1, 0.15) is 5.65 Å². The van der Waals surface area contributed by atoms with Gasteiger partial charge in [0.05, 0.1) is 11.3 Å². The fourth-order valence-electron chi connectivity index (χ4n) is 4.04. The Labute approximate surface area is 193 Å². The predicted octanol–water partition coefficient (Wildman–Crippen LogP) is 4.92. The SMILES string of the molecule is O=C(CC(c1cccc(C(F)(F)F)c1)c1cnc2ccccn12)NCc1ccc2c(c1)OCO2. The Morgan fingerprint density at radius 3 is 2.76 bits per heavy atom. The lowest BCUT2D eigenvalue weighted by Gasteiger charge is -2.19. The molecular weight excluding hydrogens is 447 g/mol. The first-order valence-electron chi connectivity index (χ1n) is 10.6. The van der Waals surface area contributed by atoms with Gasteiger partial charge in [0.15, 0.2) is 11.5 Å². The normalized spacial score (nSPS) is 13.7. The molecule has 0 saturated carbocycles. The number of pyridine rings is 1. The molecule has 6 nitrogen and oxygen atoms in total. The Morgan fingerprint density at radius 2 is 1.91 bits per heavy atom. The second kappa shape index (κ2) is 8.74. The fourth-order valence-corrected chi connectivity index (χ4v) is 4.04. The quantitative estimate of drug-likeness (QED) is 0.437. The monoisotopic (exact) mass is 467 g/mol. The lowest BCUT2D eigenvalue weighted by atomic mass is 9.91. The van der Waals surface area contributed by atoms with E-state index in [0.717, 1.165) is 17.7 Å². The lowest BCUT2D eigenvalue weighted by Crippen LogP contribution is -2.25. The summed E-state index contributed by atoms with van der Waals surface area (Å²) < 4.78 is 52.6. The van der Waals surface area contributed by atoms with Crippen molar-refractivity contribution in [3.63, 3.8) is 0 Å². The van der Waals surface area contributed by atoms with Crippen LogP contribution in [0.4, 0.5) is 13.2 Å². The number of amides is 1. The molecule has 0 saturated heterocycles. The Hall–Kier alpha value is -4.01. The Bertz CT molecular complexity index is 1350. The van der Waals surface area contributed by atoms with Crippen molar-refractivity contribution in [1.82, 2.24) is 14.7 Å². The van der Waals surface area contributed by atoms with Crippen molar-refractivity contribution >= 4 is 11.6 Å². The molecule has 0 radical (unpaired) electrons. The second-order valence-electron chi connectivity index (χ2n) is 7.96. The van der Waals surface area contributed by atoms with Crippen LogP contribution in [0, 0.1) is 0 Å². The molecule has 9 heteroatoms. The van der Waals surface area contributed by atoms with E-state index in [1.165, 1.54) is 6.07 Å². The number of fused-ring (bicyclic) bond motifs is 2. The number of nitrogens with zero attached hydrogens (tertiary/aromatic N) is 2. The van der Waals surface area contributed by atoms with Crippen molar-refractivity contribution in [2.75, 3.05) is 6.79 Å². The van der Waals surface area contributed by atoms with Crippen LogP contribution in [0.3, 0.4) is 0 Å². The number of carbonyl (C=O) groups is 1. The maximum atomic E-state index is 13.4. The average Bonchev–Trinajstić information content (AvgIpc) is 3.47. The molecule has 2 aromatic heterocycles. The molecule has 3 heterocycles. The van der Waals surface area contributed by atoms with Crippen molar-refractivity contribution < 1.29 is 27.4 Å². The number of imidazole rings is 1. The number of hydrogen-bond donors (Lipinski definition) is 1. The highest BCUT2D eigenvalue weighted by molar-refractivity contribution is 5.77. The number of halogens is 3. The van der Waals surface area contributed by atoms with Gasteiger partial charge in [0.25, 0.3) is 0 Å². The molecule has 4 aromatic rings. The van der Waals surface area contributed by atoms with Gasteiger partial charge in [-0.15, -0.1) is 0 Å². The van der Waals surface area contributed by atoms with Crippen molar-refractivity contribution in [2.24, 2.45) is 0 Å². The van der Waals surface area contributed by atoms with E-state index in [2.05, 4.69) is 10.3 Å². The van der Waals surface area contributed by atoms with Crippen LogP contribution in [0.2, 0.25) is 0 Å². The highest BCUT2D eigenvalue weighted by atomic mass is 19.4. The van der Waals surface area contributed by atoms with Gasteiger partial charge in [-0.3, -0.25) is 4.79 Å². The van der Waals surface area contributed by atoms with Crippen molar-refractivity contribution in [3.05, 3.63) is 95.4 Å². The lowest BCUT2D eigenvalue weighted by molar-refractivity contribution is -0.137. The smallest absolute Gasteiger partial charge is 0.416 e. The summed E-state index contributed by atoms with van der Waals surface area (Å²) in [6.45, 7) is 0.404. The summed E-state index contributed by atoms with van der Waals surface area (Å²) in [7, 11) is 0. The number of rotatable bonds is 6. The first-order valence-corrected chi connectivity index (χ1v) is 10.6. The molecule has 2 aromatic carbocycles. The third-order valence-electron chi connectivity index (χ3n) is 5.74. The molecule has 1 unspecified atom stereocenters. The molecule has 1 amide bonds. The van der Waals surface area contributed by atoms with Crippen LogP contribution in [0.15, 0.2) is 73.1 Å². The summed E-state index contributed by atoms with van der Waals surface area (Å²) in [5.74, 6) is 0.328. The van der Waals surface area contributed by atoms with Crippen molar-refractivity contribution in [2.45, 2.75) is 25.1 Å². The molecule has 1 aliphatic rings. The molecule has 174 valence electrons. The van der Waals surface area contributed by atoms with Crippen LogP contribution < -0.4 is 14.8 Å². The van der Waals surface area contributed by atoms with E-state index < -0.39 is 17.7 Å². The minimum Gasteiger partial charge on any atom is -0.454 e. The highest BCUT2D eigenvalue weighted by Gasteiger charge is 2.32. The van der Waals surface area contributed by atoms with Gasteiger partial charge in [-0.2, -0.15) is 13.2 Å². The summed E-state index contributed by atoms with van der Waals surface area (Å²) in [6, 6.07) is 15.9. The minimum absolute atomic E-state index is 0.0471. The zero-order valence-corrected chi connectivity index (χ0v) is 17.9. The Kier molecular flexibility index (Phi) is 5.61. The van der Waals surface area contributed by atoms with Crippen molar-refractivity contribution in [1.29, 1.82) is 0 Å². The third kappa shape index (κ3) is 4.41. The third-order valence-corrected chi connectivity index (χ3v) is 5.74. The van der Waals surface area contributed by atoms with Gasteiger partial charge in [0, 0.05) is 31.3 Å². The van der Waals surface area contributed by atoms with E-state index in [1.807, 2.05) is 12.1 Å². The standard InChI is InChI=1S/C25H20F3N3O3/c26-25(27,28)18-5-3-4-17(11-18)19(20-14-29-23-6-1-2-9-31(20)23)12-24(32)30-13-16-7-8-21-22(10-16)34-15-33-21/h1-11,14,19H,12-13,15H2,(H,30,32). The average molecular weight is 467 g/mol. The van der Waals surface area contributed by atoms with E-state index in [1.54, 1.807) is 47.1 Å². The van der Waals surface area contributed by atoms with E-state index in [0.29, 0.717) is 28.4 Å². The van der Waals surface area contributed by atoms with Crippen LogP contribution in [0.25, 0.3) is 5.65 Å². The van der Waals surface area contributed by atoms with E-state index in [9.17, 15) is 18.0 Å². The predicted molar refractivity (Wildman–Crippen MR) is 118 cm³/mol. The van der Waals surface area contributed by atoms with Crippen LogP contribution in [-0.2, 0) is 17.5 Å². The molecule has 0 fully saturated rings. The minimum atomic E-state index is -4.48. The number of alkyl halides is 3. The first kappa shape index (κ1) is 21.8. The van der Waals surface area contributed by atoms with Crippen LogP contribution in [-0.4, -0.2) is 22.1 Å². The second-order valence-corrected chi connectivity index (χ2v) is 7.96. The molecular formula is C25H20F3N3O3. The Balaban J connectivity index is 1.41. The summed E-state index contributed by atoms with van der Waals surface area (Å²) in [4.78, 5) is 17.3. The zero-order valence-electron chi connectivity index (χ0n) is 17.9. The van der Waals surface area contributed by atoms with Gasteiger partial charge >= 0.3 is 6.18 Å². The maximum absolute atomic E-state index is 13.4. The zero-order chi connectivity index (χ0) is 23.7. The number of carbonyl (C=O) groups excluding carboxylic acids is 1. The Morgan fingerprint density at radius 1 is 1.06 bits per heavy atom. The topological polar surface area (TPSA) is 64.9 Å². The largest absolute Gasteiger partial charge is 0.454 e. The van der Waals surface area contributed by atoms with E-state index in [4.69, 9.17) is 9.47 Å². The molecule has 0 bridgehead atoms. The molecule has 1 atom stereocenters. The van der Waals surface area contributed by atoms with Crippen LogP contribution in [0.5, 0.6) is 11.5 Å². The van der Waals surface area contributed by atoms with Gasteiger partial charge in [-0.25, -0.2) is 4.98 Å². The molecule has 0 spiro atoms. The summed E-state index contributed by atoms with van der Waals surface area (Å²) >= 11 is 0. The maximum Gasteiger partial charge on any atom is 0.416 e. The van der Waals surface area contributed by atoms with E-state index in [-0.39, 0.29) is 25.7 Å².